The van der Waals surface area contributed by atoms with Gasteiger partial charge in [-0.15, -0.1) is 0 Å². The third kappa shape index (κ3) is 9.09. The van der Waals surface area contributed by atoms with Gasteiger partial charge in [-0.3, -0.25) is 0 Å². The highest BCUT2D eigenvalue weighted by molar-refractivity contribution is 4.73. The van der Waals surface area contributed by atoms with Gasteiger partial charge in [0, 0.05) is 13.7 Å². The van der Waals surface area contributed by atoms with Gasteiger partial charge in [0.25, 0.3) is 0 Å². The minimum atomic E-state index is 0.652. The van der Waals surface area contributed by atoms with Gasteiger partial charge in [-0.25, -0.2) is 0 Å². The van der Waals surface area contributed by atoms with Crippen LogP contribution in [0.15, 0.2) is 0 Å². The molecule has 1 N–H and O–H groups in total. The SMILES string of the molecule is COCCOCCOCCNCCC1CC1. The third-order valence-corrected chi connectivity index (χ3v) is 2.65. The Morgan fingerprint density at radius 3 is 2.31 bits per heavy atom. The van der Waals surface area contributed by atoms with Crippen LogP contribution in [0.1, 0.15) is 19.3 Å². The van der Waals surface area contributed by atoms with Crippen molar-refractivity contribution >= 4 is 0 Å². The van der Waals surface area contributed by atoms with Gasteiger partial charge in [0.05, 0.1) is 33.0 Å². The van der Waals surface area contributed by atoms with Crippen molar-refractivity contribution in [2.24, 2.45) is 5.92 Å². The smallest absolute Gasteiger partial charge is 0.0701 e. The van der Waals surface area contributed by atoms with Crippen LogP contribution >= 0.6 is 0 Å². The maximum Gasteiger partial charge on any atom is 0.0701 e. The van der Waals surface area contributed by atoms with Crippen LogP contribution in [0.4, 0.5) is 0 Å². The fraction of sp³-hybridized carbons (Fsp3) is 1.00. The minimum Gasteiger partial charge on any atom is -0.382 e. The first-order valence-corrected chi connectivity index (χ1v) is 6.28. The Labute approximate surface area is 98.6 Å². The fourth-order valence-corrected chi connectivity index (χ4v) is 1.45. The van der Waals surface area contributed by atoms with Crippen LogP contribution in [-0.2, 0) is 14.2 Å². The van der Waals surface area contributed by atoms with Gasteiger partial charge in [-0.05, 0) is 18.9 Å². The highest BCUT2D eigenvalue weighted by Crippen LogP contribution is 2.31. The molecule has 4 nitrogen and oxygen atoms in total. The zero-order chi connectivity index (χ0) is 11.5. The summed E-state index contributed by atoms with van der Waals surface area (Å²) in [6.07, 6.45) is 4.22. The van der Waals surface area contributed by atoms with E-state index in [4.69, 9.17) is 14.2 Å². The first kappa shape index (κ1) is 13.9. The second-order valence-corrected chi connectivity index (χ2v) is 4.20. The van der Waals surface area contributed by atoms with Gasteiger partial charge < -0.3 is 19.5 Å². The van der Waals surface area contributed by atoms with Crippen LogP contribution in [0.3, 0.4) is 0 Å². The molecule has 1 fully saturated rings. The average Bonchev–Trinajstić information content (AvgIpc) is 3.10. The Morgan fingerprint density at radius 2 is 1.62 bits per heavy atom. The van der Waals surface area contributed by atoms with Gasteiger partial charge >= 0.3 is 0 Å². The Balaban J connectivity index is 1.61. The third-order valence-electron chi connectivity index (χ3n) is 2.65. The lowest BCUT2D eigenvalue weighted by Crippen LogP contribution is -2.22. The van der Waals surface area contributed by atoms with Crippen LogP contribution in [0.2, 0.25) is 0 Å². The number of hydrogen-bond acceptors (Lipinski definition) is 4. The van der Waals surface area contributed by atoms with Crippen LogP contribution in [0, 0.1) is 5.92 Å². The van der Waals surface area contributed by atoms with E-state index >= 15 is 0 Å². The molecule has 1 saturated carbocycles. The molecule has 96 valence electrons. The van der Waals surface area contributed by atoms with Crippen LogP contribution < -0.4 is 5.32 Å². The van der Waals surface area contributed by atoms with E-state index in [2.05, 4.69) is 5.32 Å². The average molecular weight is 231 g/mol. The van der Waals surface area contributed by atoms with Gasteiger partial charge in [0.1, 0.15) is 0 Å². The highest BCUT2D eigenvalue weighted by Gasteiger charge is 2.19. The Bertz CT molecular complexity index is 151. The van der Waals surface area contributed by atoms with Crippen molar-refractivity contribution in [3.8, 4) is 0 Å². The van der Waals surface area contributed by atoms with E-state index in [0.717, 1.165) is 25.6 Å². The van der Waals surface area contributed by atoms with Crippen molar-refractivity contribution in [3.63, 3.8) is 0 Å². The number of hydrogen-bond donors (Lipinski definition) is 1. The monoisotopic (exact) mass is 231 g/mol. The van der Waals surface area contributed by atoms with E-state index in [1.807, 2.05) is 0 Å². The Kier molecular flexibility index (Phi) is 8.71. The molecule has 1 rings (SSSR count). The lowest BCUT2D eigenvalue weighted by atomic mass is 10.3. The molecule has 0 amide bonds. The summed E-state index contributed by atoms with van der Waals surface area (Å²) in [5.74, 6) is 1.02. The van der Waals surface area contributed by atoms with Crippen molar-refractivity contribution in [1.82, 2.24) is 5.32 Å². The molecule has 0 bridgehead atoms. The van der Waals surface area contributed by atoms with Gasteiger partial charge in [-0.2, -0.15) is 0 Å². The number of rotatable bonds is 12. The van der Waals surface area contributed by atoms with Crippen LogP contribution in [0.5, 0.6) is 0 Å². The standard InChI is InChI=1S/C12H25NO3/c1-14-8-9-16-11-10-15-7-6-13-5-4-12-2-3-12/h12-13H,2-11H2,1H3. The molecule has 0 aliphatic heterocycles. The predicted molar refractivity (Wildman–Crippen MR) is 63.7 cm³/mol. The quantitative estimate of drug-likeness (QED) is 0.510. The summed E-state index contributed by atoms with van der Waals surface area (Å²) in [5.41, 5.74) is 0. The second-order valence-electron chi connectivity index (χ2n) is 4.20. The summed E-state index contributed by atoms with van der Waals surface area (Å²) in [4.78, 5) is 0. The summed E-state index contributed by atoms with van der Waals surface area (Å²) < 4.78 is 15.5. The molecule has 4 heteroatoms. The first-order chi connectivity index (χ1) is 7.93. The minimum absolute atomic E-state index is 0.652. The largest absolute Gasteiger partial charge is 0.382 e. The van der Waals surface area contributed by atoms with Gasteiger partial charge in [-0.1, -0.05) is 12.8 Å². The van der Waals surface area contributed by atoms with Crippen molar-refractivity contribution in [2.75, 3.05) is 53.2 Å². The van der Waals surface area contributed by atoms with Crippen LogP contribution in [-0.4, -0.2) is 53.2 Å². The topological polar surface area (TPSA) is 39.7 Å². The van der Waals surface area contributed by atoms with E-state index < -0.39 is 0 Å². The first-order valence-electron chi connectivity index (χ1n) is 6.28. The lowest BCUT2D eigenvalue weighted by molar-refractivity contribution is 0.0256. The van der Waals surface area contributed by atoms with E-state index in [-0.39, 0.29) is 0 Å². The van der Waals surface area contributed by atoms with E-state index in [9.17, 15) is 0 Å². The molecule has 1 aliphatic carbocycles. The number of ether oxygens (including phenoxy) is 3. The van der Waals surface area contributed by atoms with E-state index in [1.165, 1.54) is 19.3 Å². The molecule has 0 aromatic rings. The summed E-state index contributed by atoms with van der Waals surface area (Å²) in [6, 6.07) is 0. The number of methoxy groups -OCH3 is 1. The zero-order valence-corrected chi connectivity index (χ0v) is 10.4. The van der Waals surface area contributed by atoms with Crippen molar-refractivity contribution in [1.29, 1.82) is 0 Å². The Hall–Kier alpha value is -0.160. The molecule has 0 atom stereocenters. The number of nitrogens with one attached hydrogen (secondary N) is 1. The predicted octanol–water partition coefficient (Wildman–Crippen LogP) is 1.06. The molecule has 0 radical (unpaired) electrons. The molecule has 0 unspecified atom stereocenters. The van der Waals surface area contributed by atoms with Crippen molar-refractivity contribution in [3.05, 3.63) is 0 Å². The second kappa shape index (κ2) is 10.0. The molecular formula is C12H25NO3. The maximum atomic E-state index is 5.41. The molecule has 0 aromatic heterocycles. The Morgan fingerprint density at radius 1 is 0.938 bits per heavy atom. The molecule has 0 spiro atoms. The summed E-state index contributed by atoms with van der Waals surface area (Å²) in [6.45, 7) is 5.50. The fourth-order valence-electron chi connectivity index (χ4n) is 1.45. The highest BCUT2D eigenvalue weighted by atomic mass is 16.5. The zero-order valence-electron chi connectivity index (χ0n) is 10.4. The molecule has 1 aliphatic rings. The normalized spacial score (nSPS) is 15.6. The lowest BCUT2D eigenvalue weighted by Gasteiger charge is -2.06. The van der Waals surface area contributed by atoms with E-state index in [1.54, 1.807) is 7.11 Å². The van der Waals surface area contributed by atoms with Crippen molar-refractivity contribution < 1.29 is 14.2 Å². The van der Waals surface area contributed by atoms with E-state index in [0.29, 0.717) is 26.4 Å². The molecule has 0 saturated heterocycles. The molecular weight excluding hydrogens is 206 g/mol. The van der Waals surface area contributed by atoms with Crippen LogP contribution in [0.25, 0.3) is 0 Å². The summed E-state index contributed by atoms with van der Waals surface area (Å²) >= 11 is 0. The molecule has 16 heavy (non-hydrogen) atoms. The molecule has 0 aromatic carbocycles. The van der Waals surface area contributed by atoms with Crippen molar-refractivity contribution in [2.45, 2.75) is 19.3 Å². The maximum absolute atomic E-state index is 5.41. The summed E-state index contributed by atoms with van der Waals surface area (Å²) in [7, 11) is 1.67. The van der Waals surface area contributed by atoms with Gasteiger partial charge in [0.2, 0.25) is 0 Å². The van der Waals surface area contributed by atoms with Gasteiger partial charge in [0.15, 0.2) is 0 Å². The molecule has 0 heterocycles. The summed E-state index contributed by atoms with van der Waals surface area (Å²) in [5, 5.41) is 3.38.